The first-order valence-electron chi connectivity index (χ1n) is 6.09. The SMILES string of the molecule is Nc1ccc(F)cc1C(=O)N1CCCC[C@@H]1C(=O)O. The number of carboxylic acid groups (broad SMARTS) is 1. The number of amides is 1. The highest BCUT2D eigenvalue weighted by molar-refractivity contribution is 6.00. The second-order valence-corrected chi connectivity index (χ2v) is 4.58. The minimum Gasteiger partial charge on any atom is -0.480 e. The minimum absolute atomic E-state index is 0.0214. The monoisotopic (exact) mass is 266 g/mol. The molecule has 6 heteroatoms. The molecule has 0 spiro atoms. The van der Waals surface area contributed by atoms with E-state index < -0.39 is 23.7 Å². The summed E-state index contributed by atoms with van der Waals surface area (Å²) in [5, 5.41) is 9.13. The maximum Gasteiger partial charge on any atom is 0.326 e. The molecule has 1 saturated heterocycles. The van der Waals surface area contributed by atoms with Crippen molar-refractivity contribution in [3.05, 3.63) is 29.6 Å². The number of carbonyl (C=O) groups excluding carboxylic acids is 1. The van der Waals surface area contributed by atoms with Crippen LogP contribution < -0.4 is 5.73 Å². The molecule has 1 aromatic carbocycles. The van der Waals surface area contributed by atoms with Gasteiger partial charge in [0.25, 0.3) is 5.91 Å². The zero-order chi connectivity index (χ0) is 14.0. The molecule has 1 fully saturated rings. The third kappa shape index (κ3) is 2.67. The molecule has 0 aliphatic carbocycles. The van der Waals surface area contributed by atoms with Gasteiger partial charge in [-0.2, -0.15) is 0 Å². The number of hydrogen-bond acceptors (Lipinski definition) is 3. The number of anilines is 1. The molecule has 0 unspecified atom stereocenters. The van der Waals surface area contributed by atoms with Crippen LogP contribution in [0.5, 0.6) is 0 Å². The summed E-state index contributed by atoms with van der Waals surface area (Å²) in [5.74, 6) is -2.13. The van der Waals surface area contributed by atoms with E-state index in [0.29, 0.717) is 13.0 Å². The van der Waals surface area contributed by atoms with Crippen LogP contribution in [-0.2, 0) is 4.79 Å². The van der Waals surface area contributed by atoms with Crippen LogP contribution in [0, 0.1) is 5.82 Å². The number of likely N-dealkylation sites (tertiary alicyclic amines) is 1. The second-order valence-electron chi connectivity index (χ2n) is 4.58. The number of rotatable bonds is 2. The van der Waals surface area contributed by atoms with Crippen molar-refractivity contribution in [1.82, 2.24) is 4.90 Å². The number of benzene rings is 1. The third-order valence-electron chi connectivity index (χ3n) is 3.29. The lowest BCUT2D eigenvalue weighted by Gasteiger charge is -2.33. The van der Waals surface area contributed by atoms with Gasteiger partial charge in [-0.3, -0.25) is 4.79 Å². The molecule has 102 valence electrons. The van der Waals surface area contributed by atoms with E-state index in [1.54, 1.807) is 0 Å². The van der Waals surface area contributed by atoms with Crippen molar-refractivity contribution in [3.8, 4) is 0 Å². The van der Waals surface area contributed by atoms with Crippen LogP contribution in [0.2, 0.25) is 0 Å². The number of hydrogen-bond donors (Lipinski definition) is 2. The number of nitrogens with zero attached hydrogens (tertiary/aromatic N) is 1. The Balaban J connectivity index is 2.31. The van der Waals surface area contributed by atoms with E-state index in [9.17, 15) is 14.0 Å². The Morgan fingerprint density at radius 3 is 2.79 bits per heavy atom. The van der Waals surface area contributed by atoms with E-state index in [1.807, 2.05) is 0 Å². The Morgan fingerprint density at radius 2 is 2.11 bits per heavy atom. The molecule has 3 N–H and O–H groups in total. The molecule has 2 rings (SSSR count). The summed E-state index contributed by atoms with van der Waals surface area (Å²) in [4.78, 5) is 24.7. The molecule has 1 aromatic rings. The summed E-state index contributed by atoms with van der Waals surface area (Å²) in [6.07, 6.45) is 1.92. The van der Waals surface area contributed by atoms with Gasteiger partial charge in [-0.15, -0.1) is 0 Å². The van der Waals surface area contributed by atoms with E-state index in [1.165, 1.54) is 11.0 Å². The highest BCUT2D eigenvalue weighted by Crippen LogP contribution is 2.23. The fraction of sp³-hybridized carbons (Fsp3) is 0.385. The van der Waals surface area contributed by atoms with Gasteiger partial charge >= 0.3 is 5.97 Å². The molecule has 0 bridgehead atoms. The summed E-state index contributed by atoms with van der Waals surface area (Å²) >= 11 is 0. The van der Waals surface area contributed by atoms with E-state index in [4.69, 9.17) is 10.8 Å². The first-order valence-corrected chi connectivity index (χ1v) is 6.09. The number of halogens is 1. The average Bonchev–Trinajstić information content (AvgIpc) is 2.40. The maximum absolute atomic E-state index is 13.2. The van der Waals surface area contributed by atoms with Crippen LogP contribution in [0.4, 0.5) is 10.1 Å². The molecule has 1 amide bonds. The average molecular weight is 266 g/mol. The Kier molecular flexibility index (Phi) is 3.69. The summed E-state index contributed by atoms with van der Waals surface area (Å²) in [6.45, 7) is 0.353. The molecule has 1 aliphatic heterocycles. The van der Waals surface area contributed by atoms with Crippen LogP contribution in [-0.4, -0.2) is 34.5 Å². The number of piperidine rings is 1. The van der Waals surface area contributed by atoms with Crippen LogP contribution >= 0.6 is 0 Å². The molecular weight excluding hydrogens is 251 g/mol. The number of carboxylic acids is 1. The van der Waals surface area contributed by atoms with Gasteiger partial charge in [0.15, 0.2) is 0 Å². The van der Waals surface area contributed by atoms with Gasteiger partial charge < -0.3 is 15.7 Å². The molecule has 1 heterocycles. The predicted octanol–water partition coefficient (Wildman–Crippen LogP) is 1.49. The van der Waals surface area contributed by atoms with E-state index in [2.05, 4.69) is 0 Å². The van der Waals surface area contributed by atoms with E-state index in [-0.39, 0.29) is 11.3 Å². The van der Waals surface area contributed by atoms with Crippen LogP contribution in [0.15, 0.2) is 18.2 Å². The minimum atomic E-state index is -1.04. The lowest BCUT2D eigenvalue weighted by atomic mass is 10.0. The largest absolute Gasteiger partial charge is 0.480 e. The fourth-order valence-corrected chi connectivity index (χ4v) is 2.30. The van der Waals surface area contributed by atoms with Gasteiger partial charge in [0, 0.05) is 12.2 Å². The van der Waals surface area contributed by atoms with Crippen LogP contribution in [0.1, 0.15) is 29.6 Å². The normalized spacial score (nSPS) is 19.2. The summed E-state index contributed by atoms with van der Waals surface area (Å²) in [7, 11) is 0. The van der Waals surface area contributed by atoms with Crippen LogP contribution in [0.3, 0.4) is 0 Å². The van der Waals surface area contributed by atoms with Crippen molar-refractivity contribution < 1.29 is 19.1 Å². The number of nitrogen functional groups attached to an aromatic ring is 1. The molecule has 1 aliphatic rings. The number of nitrogens with two attached hydrogens (primary N) is 1. The van der Waals surface area contributed by atoms with Gasteiger partial charge in [-0.25, -0.2) is 9.18 Å². The van der Waals surface area contributed by atoms with Crippen molar-refractivity contribution in [2.75, 3.05) is 12.3 Å². The molecule has 0 saturated carbocycles. The summed E-state index contributed by atoms with van der Waals surface area (Å²) in [5.41, 5.74) is 5.83. The highest BCUT2D eigenvalue weighted by Gasteiger charge is 2.33. The van der Waals surface area contributed by atoms with Crippen LogP contribution in [0.25, 0.3) is 0 Å². The third-order valence-corrected chi connectivity index (χ3v) is 3.29. The van der Waals surface area contributed by atoms with Gasteiger partial charge in [0.05, 0.1) is 5.56 Å². The molecule has 0 radical (unpaired) electrons. The molecule has 19 heavy (non-hydrogen) atoms. The zero-order valence-electron chi connectivity index (χ0n) is 10.3. The standard InChI is InChI=1S/C13H15FN2O3/c14-8-4-5-10(15)9(7-8)12(17)16-6-2-1-3-11(16)13(18)19/h4-5,7,11H,1-3,6,15H2,(H,18,19)/t11-/m1/s1. The van der Waals surface area contributed by atoms with Gasteiger partial charge in [0.2, 0.25) is 0 Å². The Bertz CT molecular complexity index is 519. The Labute approximate surface area is 109 Å². The Hall–Kier alpha value is -2.11. The first-order chi connectivity index (χ1) is 9.00. The van der Waals surface area contributed by atoms with Crippen molar-refractivity contribution in [2.45, 2.75) is 25.3 Å². The van der Waals surface area contributed by atoms with Gasteiger partial charge in [-0.1, -0.05) is 0 Å². The van der Waals surface area contributed by atoms with Crippen molar-refractivity contribution >= 4 is 17.6 Å². The second kappa shape index (κ2) is 5.26. The van der Waals surface area contributed by atoms with Crippen molar-refractivity contribution in [1.29, 1.82) is 0 Å². The Morgan fingerprint density at radius 1 is 1.37 bits per heavy atom. The maximum atomic E-state index is 13.2. The van der Waals surface area contributed by atoms with Gasteiger partial charge in [-0.05, 0) is 37.5 Å². The smallest absolute Gasteiger partial charge is 0.326 e. The molecule has 0 aromatic heterocycles. The van der Waals surface area contributed by atoms with E-state index >= 15 is 0 Å². The molecular formula is C13H15FN2O3. The molecule has 5 nitrogen and oxygen atoms in total. The van der Waals surface area contributed by atoms with Crippen molar-refractivity contribution in [2.24, 2.45) is 0 Å². The van der Waals surface area contributed by atoms with E-state index in [0.717, 1.165) is 25.0 Å². The quantitative estimate of drug-likeness (QED) is 0.794. The first kappa shape index (κ1) is 13.3. The predicted molar refractivity (Wildman–Crippen MR) is 67.1 cm³/mol. The molecule has 1 atom stereocenters. The topological polar surface area (TPSA) is 83.6 Å². The highest BCUT2D eigenvalue weighted by atomic mass is 19.1. The van der Waals surface area contributed by atoms with Crippen molar-refractivity contribution in [3.63, 3.8) is 0 Å². The fourth-order valence-electron chi connectivity index (χ4n) is 2.30. The number of carbonyl (C=O) groups is 2. The lowest BCUT2D eigenvalue weighted by molar-refractivity contribution is -0.143. The summed E-state index contributed by atoms with van der Waals surface area (Å²) in [6, 6.07) is 2.66. The lowest BCUT2D eigenvalue weighted by Crippen LogP contribution is -2.48. The zero-order valence-corrected chi connectivity index (χ0v) is 10.3. The van der Waals surface area contributed by atoms with Gasteiger partial charge in [0.1, 0.15) is 11.9 Å². The summed E-state index contributed by atoms with van der Waals surface area (Å²) < 4.78 is 13.2. The number of aliphatic carboxylic acids is 1.